The summed E-state index contributed by atoms with van der Waals surface area (Å²) in [5.41, 5.74) is -0.726. The maximum absolute atomic E-state index is 13.9. The standard InChI is InChI=1S/C24H41FO4/c1-16-8-11-24-12-9-18(28-6)20(24)23(16,4)19(29-15-27-5)14-22(3,10-7-13-25)21(26)17(24)2/h16-20H,7-15H2,1-6H3/t16-,17+,18?,19-,20?,22-,23+,24?/m1/s1. The van der Waals surface area contributed by atoms with Gasteiger partial charge >= 0.3 is 0 Å². The second kappa shape index (κ2) is 8.55. The maximum atomic E-state index is 13.9. The number of hydrogen-bond acceptors (Lipinski definition) is 4. The summed E-state index contributed by atoms with van der Waals surface area (Å²) in [6.45, 7) is 8.74. The van der Waals surface area contributed by atoms with Crippen LogP contribution in [0.5, 0.6) is 0 Å². The number of halogens is 1. The molecule has 0 radical (unpaired) electrons. The van der Waals surface area contributed by atoms with Gasteiger partial charge in [-0.1, -0.05) is 27.7 Å². The molecule has 4 nitrogen and oxygen atoms in total. The lowest BCUT2D eigenvalue weighted by Crippen LogP contribution is -2.63. The van der Waals surface area contributed by atoms with Crippen LogP contribution < -0.4 is 0 Å². The van der Waals surface area contributed by atoms with Crippen LogP contribution >= 0.6 is 0 Å². The number of carbonyl (C=O) groups is 1. The molecule has 3 fully saturated rings. The highest BCUT2D eigenvalue weighted by molar-refractivity contribution is 5.87. The van der Waals surface area contributed by atoms with E-state index in [1.54, 1.807) is 7.11 Å². The summed E-state index contributed by atoms with van der Waals surface area (Å²) in [7, 11) is 3.46. The van der Waals surface area contributed by atoms with Crippen molar-refractivity contribution < 1.29 is 23.4 Å². The first-order valence-electron chi connectivity index (χ1n) is 11.4. The lowest BCUT2D eigenvalue weighted by atomic mass is 9.43. The van der Waals surface area contributed by atoms with Crippen LogP contribution in [0.15, 0.2) is 0 Å². The molecule has 29 heavy (non-hydrogen) atoms. The molecule has 3 aliphatic carbocycles. The zero-order chi connectivity index (χ0) is 21.4. The Morgan fingerprint density at radius 2 is 1.83 bits per heavy atom. The van der Waals surface area contributed by atoms with Gasteiger partial charge in [-0.2, -0.15) is 0 Å². The molecular weight excluding hydrogens is 371 g/mol. The van der Waals surface area contributed by atoms with E-state index in [9.17, 15) is 9.18 Å². The molecule has 0 heterocycles. The van der Waals surface area contributed by atoms with E-state index in [0.717, 1.165) is 25.7 Å². The van der Waals surface area contributed by atoms with Crippen molar-refractivity contribution >= 4 is 5.78 Å². The number of methoxy groups -OCH3 is 2. The van der Waals surface area contributed by atoms with Crippen molar-refractivity contribution in [3.8, 4) is 0 Å². The predicted octanol–water partition coefficient (Wildman–Crippen LogP) is 5.19. The van der Waals surface area contributed by atoms with Gasteiger partial charge in [-0.15, -0.1) is 0 Å². The highest BCUT2D eigenvalue weighted by Gasteiger charge is 2.68. The van der Waals surface area contributed by atoms with E-state index in [1.165, 1.54) is 0 Å². The van der Waals surface area contributed by atoms with Crippen LogP contribution in [0, 0.1) is 34.0 Å². The van der Waals surface area contributed by atoms with Crippen molar-refractivity contribution in [3.63, 3.8) is 0 Å². The second-order valence-electron chi connectivity index (χ2n) is 10.5. The first-order chi connectivity index (χ1) is 13.7. The molecular formula is C24H41FO4. The van der Waals surface area contributed by atoms with E-state index in [1.807, 2.05) is 14.0 Å². The maximum Gasteiger partial charge on any atom is 0.146 e. The Morgan fingerprint density at radius 1 is 1.14 bits per heavy atom. The number of ether oxygens (including phenoxy) is 3. The third kappa shape index (κ3) is 3.49. The SMILES string of the molecule is COCO[C@@H]1C[C@@](C)(CCCF)C(=O)[C@H](C)C23CCC(OC)C2[C@@]1(C)[C@H](C)CC3. The second-order valence-corrected chi connectivity index (χ2v) is 10.5. The Morgan fingerprint density at radius 3 is 2.45 bits per heavy atom. The minimum atomic E-state index is -0.564. The summed E-state index contributed by atoms with van der Waals surface area (Å²) < 4.78 is 30.8. The molecule has 2 bridgehead atoms. The van der Waals surface area contributed by atoms with Crippen LogP contribution in [0.4, 0.5) is 4.39 Å². The van der Waals surface area contributed by atoms with Crippen molar-refractivity contribution in [2.45, 2.75) is 84.8 Å². The van der Waals surface area contributed by atoms with Crippen LogP contribution in [-0.4, -0.2) is 45.7 Å². The molecule has 0 N–H and O–H groups in total. The van der Waals surface area contributed by atoms with Gasteiger partial charge in [0, 0.05) is 31.0 Å². The third-order valence-electron chi connectivity index (χ3n) is 9.39. The summed E-state index contributed by atoms with van der Waals surface area (Å²) >= 11 is 0. The quantitative estimate of drug-likeness (QED) is 0.540. The van der Waals surface area contributed by atoms with Crippen LogP contribution in [0.25, 0.3) is 0 Å². The van der Waals surface area contributed by atoms with E-state index in [0.29, 0.717) is 31.0 Å². The molecule has 3 saturated carbocycles. The van der Waals surface area contributed by atoms with Crippen molar-refractivity contribution in [2.75, 3.05) is 27.7 Å². The van der Waals surface area contributed by atoms with E-state index in [4.69, 9.17) is 14.2 Å². The Kier molecular flexibility index (Phi) is 6.82. The third-order valence-corrected chi connectivity index (χ3v) is 9.39. The van der Waals surface area contributed by atoms with Gasteiger partial charge in [0.25, 0.3) is 0 Å². The molecule has 0 amide bonds. The Bertz CT molecular complexity index is 597. The van der Waals surface area contributed by atoms with Gasteiger partial charge in [0.15, 0.2) is 0 Å². The summed E-state index contributed by atoms with van der Waals surface area (Å²) in [6.07, 6.45) is 5.88. The first kappa shape index (κ1) is 23.1. The van der Waals surface area contributed by atoms with Gasteiger partial charge in [0.1, 0.15) is 12.6 Å². The molecule has 0 aromatic carbocycles. The monoisotopic (exact) mass is 412 g/mol. The summed E-state index contributed by atoms with van der Waals surface area (Å²) in [5, 5.41) is 0. The zero-order valence-corrected chi connectivity index (χ0v) is 19.3. The normalized spacial score (nSPS) is 47.6. The predicted molar refractivity (Wildman–Crippen MR) is 111 cm³/mol. The first-order valence-corrected chi connectivity index (χ1v) is 11.4. The van der Waals surface area contributed by atoms with Gasteiger partial charge in [0.2, 0.25) is 0 Å². The van der Waals surface area contributed by atoms with E-state index >= 15 is 0 Å². The van der Waals surface area contributed by atoms with Gasteiger partial charge < -0.3 is 14.2 Å². The van der Waals surface area contributed by atoms with Gasteiger partial charge in [0.05, 0.1) is 18.9 Å². The van der Waals surface area contributed by atoms with Crippen molar-refractivity contribution in [1.29, 1.82) is 0 Å². The van der Waals surface area contributed by atoms with Crippen molar-refractivity contribution in [3.05, 3.63) is 0 Å². The average Bonchev–Trinajstić information content (AvgIpc) is 3.11. The Balaban J connectivity index is 2.14. The van der Waals surface area contributed by atoms with Gasteiger partial charge in [-0.05, 0) is 62.2 Å². The molecule has 3 rings (SSSR count). The fraction of sp³-hybridized carbons (Fsp3) is 0.958. The molecule has 0 aromatic rings. The summed E-state index contributed by atoms with van der Waals surface area (Å²) in [4.78, 5) is 13.9. The highest BCUT2D eigenvalue weighted by atomic mass is 19.1. The number of alkyl halides is 1. The number of carbonyl (C=O) groups excluding carboxylic acids is 1. The fourth-order valence-corrected chi connectivity index (χ4v) is 7.56. The van der Waals surface area contributed by atoms with E-state index < -0.39 is 5.41 Å². The number of hydrogen-bond donors (Lipinski definition) is 0. The molecule has 0 spiro atoms. The van der Waals surface area contributed by atoms with Crippen LogP contribution in [0.3, 0.4) is 0 Å². The largest absolute Gasteiger partial charge is 0.381 e. The molecule has 0 saturated heterocycles. The minimum Gasteiger partial charge on any atom is -0.381 e. The number of Topliss-reactive ketones (excluding diaryl/α,β-unsaturated/α-hetero) is 1. The number of ketones is 1. The fourth-order valence-electron chi connectivity index (χ4n) is 7.56. The Labute approximate surface area is 176 Å². The Hall–Kier alpha value is -0.520. The van der Waals surface area contributed by atoms with Gasteiger partial charge in [-0.3, -0.25) is 9.18 Å². The molecule has 0 aliphatic heterocycles. The van der Waals surface area contributed by atoms with Crippen LogP contribution in [-0.2, 0) is 19.0 Å². The van der Waals surface area contributed by atoms with Crippen LogP contribution in [0.2, 0.25) is 0 Å². The minimum absolute atomic E-state index is 0.0348. The lowest BCUT2D eigenvalue weighted by molar-refractivity contribution is -0.220. The smallest absolute Gasteiger partial charge is 0.146 e. The summed E-state index contributed by atoms with van der Waals surface area (Å²) in [5.74, 6) is 1.02. The van der Waals surface area contributed by atoms with Gasteiger partial charge in [-0.25, -0.2) is 0 Å². The highest BCUT2D eigenvalue weighted by Crippen LogP contribution is 2.68. The van der Waals surface area contributed by atoms with E-state index in [-0.39, 0.29) is 48.3 Å². The zero-order valence-electron chi connectivity index (χ0n) is 19.3. The molecule has 8 atom stereocenters. The molecule has 168 valence electrons. The molecule has 5 heteroatoms. The number of rotatable bonds is 7. The lowest BCUT2D eigenvalue weighted by Gasteiger charge is -2.62. The summed E-state index contributed by atoms with van der Waals surface area (Å²) in [6, 6.07) is 0. The average molecular weight is 413 g/mol. The topological polar surface area (TPSA) is 44.8 Å². The molecule has 3 aliphatic rings. The molecule has 3 unspecified atom stereocenters. The van der Waals surface area contributed by atoms with Crippen molar-refractivity contribution in [1.82, 2.24) is 0 Å². The molecule has 0 aromatic heterocycles. The van der Waals surface area contributed by atoms with Crippen LogP contribution in [0.1, 0.15) is 72.6 Å². The van der Waals surface area contributed by atoms with Crippen molar-refractivity contribution in [2.24, 2.45) is 34.0 Å². The van der Waals surface area contributed by atoms with E-state index in [2.05, 4.69) is 20.8 Å².